The SMILES string of the molecule is COc1ccc(C(C)NCC(=O)NC(C)(C)C)c(OC)c1. The van der Waals surface area contributed by atoms with Gasteiger partial charge in [0.2, 0.25) is 5.91 Å². The molecule has 118 valence electrons. The molecule has 1 aromatic rings. The second-order valence-electron chi connectivity index (χ2n) is 6.01. The van der Waals surface area contributed by atoms with Gasteiger partial charge in [0, 0.05) is 23.2 Å². The molecule has 0 spiro atoms. The van der Waals surface area contributed by atoms with Crippen molar-refractivity contribution in [2.24, 2.45) is 0 Å². The van der Waals surface area contributed by atoms with Crippen molar-refractivity contribution in [2.45, 2.75) is 39.3 Å². The Morgan fingerprint density at radius 3 is 2.43 bits per heavy atom. The summed E-state index contributed by atoms with van der Waals surface area (Å²) < 4.78 is 10.6. The van der Waals surface area contributed by atoms with Crippen molar-refractivity contribution < 1.29 is 14.3 Å². The van der Waals surface area contributed by atoms with Crippen molar-refractivity contribution in [3.63, 3.8) is 0 Å². The quantitative estimate of drug-likeness (QED) is 0.845. The number of rotatable bonds is 6. The molecule has 0 saturated heterocycles. The van der Waals surface area contributed by atoms with Crippen LogP contribution in [0.25, 0.3) is 0 Å². The molecule has 0 heterocycles. The molecule has 1 unspecified atom stereocenters. The van der Waals surface area contributed by atoms with E-state index >= 15 is 0 Å². The van der Waals surface area contributed by atoms with Gasteiger partial charge in [-0.2, -0.15) is 0 Å². The van der Waals surface area contributed by atoms with Crippen molar-refractivity contribution >= 4 is 5.91 Å². The van der Waals surface area contributed by atoms with Crippen molar-refractivity contribution in [3.05, 3.63) is 23.8 Å². The van der Waals surface area contributed by atoms with Crippen LogP contribution in [0.15, 0.2) is 18.2 Å². The van der Waals surface area contributed by atoms with Gasteiger partial charge < -0.3 is 20.1 Å². The fourth-order valence-electron chi connectivity index (χ4n) is 1.99. The number of hydrogen-bond donors (Lipinski definition) is 2. The third-order valence-electron chi connectivity index (χ3n) is 2.99. The summed E-state index contributed by atoms with van der Waals surface area (Å²) in [5.41, 5.74) is 0.765. The Kier molecular flexibility index (Phi) is 6.03. The van der Waals surface area contributed by atoms with Gasteiger partial charge in [0.15, 0.2) is 0 Å². The number of nitrogens with one attached hydrogen (secondary N) is 2. The summed E-state index contributed by atoms with van der Waals surface area (Å²) in [6, 6.07) is 5.65. The van der Waals surface area contributed by atoms with Crippen LogP contribution in [0.2, 0.25) is 0 Å². The third kappa shape index (κ3) is 5.63. The smallest absolute Gasteiger partial charge is 0.234 e. The molecule has 0 bridgehead atoms. The highest BCUT2D eigenvalue weighted by molar-refractivity contribution is 5.78. The number of ether oxygens (including phenoxy) is 2. The molecular weight excluding hydrogens is 268 g/mol. The van der Waals surface area contributed by atoms with Crippen molar-refractivity contribution in [3.8, 4) is 11.5 Å². The van der Waals surface area contributed by atoms with E-state index in [2.05, 4.69) is 10.6 Å². The first-order chi connectivity index (χ1) is 9.76. The van der Waals surface area contributed by atoms with Gasteiger partial charge in [0.25, 0.3) is 0 Å². The number of methoxy groups -OCH3 is 2. The zero-order chi connectivity index (χ0) is 16.0. The molecule has 1 aromatic carbocycles. The van der Waals surface area contributed by atoms with Gasteiger partial charge in [0.1, 0.15) is 11.5 Å². The van der Waals surface area contributed by atoms with Crippen LogP contribution in [0, 0.1) is 0 Å². The van der Waals surface area contributed by atoms with E-state index in [0.29, 0.717) is 0 Å². The number of amides is 1. The second-order valence-corrected chi connectivity index (χ2v) is 6.01. The zero-order valence-corrected chi connectivity index (χ0v) is 13.7. The summed E-state index contributed by atoms with van der Waals surface area (Å²) in [6.45, 7) is 8.13. The van der Waals surface area contributed by atoms with Gasteiger partial charge in [-0.3, -0.25) is 4.79 Å². The summed E-state index contributed by atoms with van der Waals surface area (Å²) in [5, 5.41) is 6.12. The molecule has 0 fully saturated rings. The Hall–Kier alpha value is -1.75. The third-order valence-corrected chi connectivity index (χ3v) is 2.99. The highest BCUT2D eigenvalue weighted by atomic mass is 16.5. The van der Waals surface area contributed by atoms with Crippen LogP contribution in [0.1, 0.15) is 39.3 Å². The van der Waals surface area contributed by atoms with Crippen molar-refractivity contribution in [2.75, 3.05) is 20.8 Å². The molecule has 5 heteroatoms. The lowest BCUT2D eigenvalue weighted by Crippen LogP contribution is -2.45. The average molecular weight is 294 g/mol. The van der Waals surface area contributed by atoms with Crippen molar-refractivity contribution in [1.29, 1.82) is 0 Å². The topological polar surface area (TPSA) is 59.6 Å². The maximum Gasteiger partial charge on any atom is 0.234 e. The molecule has 0 aliphatic heterocycles. The monoisotopic (exact) mass is 294 g/mol. The largest absolute Gasteiger partial charge is 0.497 e. The molecule has 5 nitrogen and oxygen atoms in total. The maximum atomic E-state index is 11.8. The number of hydrogen-bond acceptors (Lipinski definition) is 4. The second kappa shape index (κ2) is 7.31. The molecule has 2 N–H and O–H groups in total. The van der Waals surface area contributed by atoms with E-state index < -0.39 is 0 Å². The van der Waals surface area contributed by atoms with E-state index in [4.69, 9.17) is 9.47 Å². The molecule has 0 aliphatic carbocycles. The van der Waals surface area contributed by atoms with Crippen LogP contribution >= 0.6 is 0 Å². The minimum atomic E-state index is -0.222. The number of carbonyl (C=O) groups excluding carboxylic acids is 1. The lowest BCUT2D eigenvalue weighted by atomic mass is 10.1. The highest BCUT2D eigenvalue weighted by Crippen LogP contribution is 2.29. The fraction of sp³-hybridized carbons (Fsp3) is 0.562. The van der Waals surface area contributed by atoms with Crippen molar-refractivity contribution in [1.82, 2.24) is 10.6 Å². The minimum Gasteiger partial charge on any atom is -0.497 e. The van der Waals surface area contributed by atoms with E-state index in [1.165, 1.54) is 0 Å². The number of benzene rings is 1. The normalized spacial score (nSPS) is 12.7. The summed E-state index contributed by atoms with van der Waals surface area (Å²) in [5.74, 6) is 1.46. The first-order valence-electron chi connectivity index (χ1n) is 7.03. The van der Waals surface area contributed by atoms with E-state index in [-0.39, 0.29) is 24.0 Å². The summed E-state index contributed by atoms with van der Waals surface area (Å²) in [6.07, 6.45) is 0. The Morgan fingerprint density at radius 2 is 1.90 bits per heavy atom. The van der Waals surface area contributed by atoms with Gasteiger partial charge in [-0.05, 0) is 33.8 Å². The summed E-state index contributed by atoms with van der Waals surface area (Å²) in [7, 11) is 3.24. The molecule has 1 amide bonds. The first-order valence-corrected chi connectivity index (χ1v) is 7.03. The molecule has 1 rings (SSSR count). The summed E-state index contributed by atoms with van der Waals surface area (Å²) >= 11 is 0. The Morgan fingerprint density at radius 1 is 1.24 bits per heavy atom. The maximum absolute atomic E-state index is 11.8. The zero-order valence-electron chi connectivity index (χ0n) is 13.7. The Balaban J connectivity index is 2.67. The van der Waals surface area contributed by atoms with Gasteiger partial charge in [-0.15, -0.1) is 0 Å². The van der Waals surface area contributed by atoms with Gasteiger partial charge >= 0.3 is 0 Å². The molecule has 21 heavy (non-hydrogen) atoms. The first kappa shape index (κ1) is 17.3. The van der Waals surface area contributed by atoms with Crippen LogP contribution in [0.3, 0.4) is 0 Å². The van der Waals surface area contributed by atoms with Gasteiger partial charge in [-0.1, -0.05) is 6.07 Å². The molecule has 0 aromatic heterocycles. The van der Waals surface area contributed by atoms with Crippen LogP contribution in [0.5, 0.6) is 11.5 Å². The predicted octanol–water partition coefficient (Wildman–Crippen LogP) is 2.27. The number of carbonyl (C=O) groups is 1. The van der Waals surface area contributed by atoms with E-state index in [9.17, 15) is 4.79 Å². The molecule has 0 aliphatic rings. The van der Waals surface area contributed by atoms with Crippen LogP contribution in [0.4, 0.5) is 0 Å². The van der Waals surface area contributed by atoms with Gasteiger partial charge in [-0.25, -0.2) is 0 Å². The standard InChI is InChI=1S/C16H26N2O3/c1-11(17-10-15(19)18-16(2,3)4)13-8-7-12(20-5)9-14(13)21-6/h7-9,11,17H,10H2,1-6H3,(H,18,19). The van der Waals surface area contributed by atoms with E-state index in [1.807, 2.05) is 45.9 Å². The lowest BCUT2D eigenvalue weighted by molar-refractivity contribution is -0.121. The van der Waals surface area contributed by atoms with E-state index in [1.54, 1.807) is 14.2 Å². The predicted molar refractivity (Wildman–Crippen MR) is 83.9 cm³/mol. The van der Waals surface area contributed by atoms with Crippen LogP contribution in [-0.2, 0) is 4.79 Å². The lowest BCUT2D eigenvalue weighted by Gasteiger charge is -2.22. The average Bonchev–Trinajstić information content (AvgIpc) is 2.42. The van der Waals surface area contributed by atoms with E-state index in [0.717, 1.165) is 17.1 Å². The summed E-state index contributed by atoms with van der Waals surface area (Å²) in [4.78, 5) is 11.8. The molecule has 1 atom stereocenters. The molecule has 0 saturated carbocycles. The molecular formula is C16H26N2O3. The molecule has 0 radical (unpaired) electrons. The van der Waals surface area contributed by atoms with Gasteiger partial charge in [0.05, 0.1) is 20.8 Å². The Bertz CT molecular complexity index is 481. The van der Waals surface area contributed by atoms with Crippen LogP contribution < -0.4 is 20.1 Å². The highest BCUT2D eigenvalue weighted by Gasteiger charge is 2.16. The Labute approximate surface area is 127 Å². The van der Waals surface area contributed by atoms with Crippen LogP contribution in [-0.4, -0.2) is 32.2 Å². The fourth-order valence-corrected chi connectivity index (χ4v) is 1.99. The minimum absolute atomic E-state index is 0.00317.